The number of halogens is 1. The van der Waals surface area contributed by atoms with Gasteiger partial charge in [-0.25, -0.2) is 19.3 Å². The molecule has 2 rings (SSSR count). The maximum Gasteiger partial charge on any atom is 0.178 e. The number of rotatable bonds is 3. The molecule has 0 aliphatic rings. The highest BCUT2D eigenvalue weighted by atomic mass is 19.1. The van der Waals surface area contributed by atoms with Crippen LogP contribution in [0.3, 0.4) is 0 Å². The van der Waals surface area contributed by atoms with Gasteiger partial charge < -0.3 is 5.32 Å². The molecule has 17 heavy (non-hydrogen) atoms. The highest BCUT2D eigenvalue weighted by Gasteiger charge is 2.06. The van der Waals surface area contributed by atoms with Gasteiger partial charge in [0.2, 0.25) is 0 Å². The molecule has 0 amide bonds. The Labute approximate surface area is 99.0 Å². The van der Waals surface area contributed by atoms with E-state index in [-0.39, 0.29) is 5.82 Å². The molecule has 0 fully saturated rings. The zero-order chi connectivity index (χ0) is 12.3. The van der Waals surface area contributed by atoms with E-state index < -0.39 is 0 Å². The van der Waals surface area contributed by atoms with Crippen LogP contribution in [0.25, 0.3) is 11.5 Å². The number of hydrogen-bond donors (Lipinski definition) is 1. The molecule has 0 radical (unpaired) electrons. The molecule has 0 atom stereocenters. The van der Waals surface area contributed by atoms with Gasteiger partial charge in [0.25, 0.3) is 0 Å². The van der Waals surface area contributed by atoms with Crippen molar-refractivity contribution in [3.8, 4) is 11.5 Å². The number of pyridine rings is 1. The molecular weight excluding hydrogens is 219 g/mol. The van der Waals surface area contributed by atoms with Gasteiger partial charge in [-0.1, -0.05) is 0 Å². The van der Waals surface area contributed by atoms with Crippen LogP contribution in [0.1, 0.15) is 11.4 Å². The lowest BCUT2D eigenvalue weighted by molar-refractivity contribution is 0.621. The molecule has 0 unspecified atom stereocenters. The highest BCUT2D eigenvalue weighted by molar-refractivity contribution is 5.48. The fraction of sp³-hybridized carbons (Fsp3) is 0.250. The third-order valence-electron chi connectivity index (χ3n) is 2.22. The second-order valence-electron chi connectivity index (χ2n) is 3.72. The minimum Gasteiger partial charge on any atom is -0.314 e. The molecule has 0 saturated carbocycles. The van der Waals surface area contributed by atoms with E-state index in [0.29, 0.717) is 18.1 Å². The monoisotopic (exact) mass is 232 g/mol. The Morgan fingerprint density at radius 2 is 2.12 bits per heavy atom. The second-order valence-corrected chi connectivity index (χ2v) is 3.72. The van der Waals surface area contributed by atoms with E-state index in [1.54, 1.807) is 6.07 Å². The van der Waals surface area contributed by atoms with Crippen LogP contribution in [0.4, 0.5) is 4.39 Å². The molecule has 2 aromatic heterocycles. The molecule has 2 aromatic rings. The van der Waals surface area contributed by atoms with Crippen molar-refractivity contribution in [1.29, 1.82) is 0 Å². The molecule has 88 valence electrons. The molecular formula is C12H13FN4. The summed E-state index contributed by atoms with van der Waals surface area (Å²) >= 11 is 0. The molecule has 0 saturated heterocycles. The van der Waals surface area contributed by atoms with Gasteiger partial charge >= 0.3 is 0 Å². The van der Waals surface area contributed by atoms with Gasteiger partial charge in [0, 0.05) is 12.2 Å². The number of hydrogen-bond acceptors (Lipinski definition) is 4. The van der Waals surface area contributed by atoms with Crippen LogP contribution in [-0.4, -0.2) is 22.0 Å². The first-order chi connectivity index (χ1) is 8.19. The Kier molecular flexibility index (Phi) is 3.39. The summed E-state index contributed by atoms with van der Waals surface area (Å²) < 4.78 is 12.8. The number of nitrogens with one attached hydrogen (secondary N) is 1. The molecule has 4 nitrogen and oxygen atoms in total. The van der Waals surface area contributed by atoms with Crippen LogP contribution in [0.2, 0.25) is 0 Å². The summed E-state index contributed by atoms with van der Waals surface area (Å²) in [5, 5.41) is 3.03. The summed E-state index contributed by atoms with van der Waals surface area (Å²) in [6.45, 7) is 2.56. The van der Waals surface area contributed by atoms with Crippen molar-refractivity contribution >= 4 is 0 Å². The fourth-order valence-corrected chi connectivity index (χ4v) is 1.53. The van der Waals surface area contributed by atoms with Crippen LogP contribution >= 0.6 is 0 Å². The quantitative estimate of drug-likeness (QED) is 0.875. The summed E-state index contributed by atoms with van der Waals surface area (Å²) in [6, 6.07) is 4.84. The molecule has 0 bridgehead atoms. The lowest BCUT2D eigenvalue weighted by Gasteiger charge is -2.05. The molecule has 1 N–H and O–H groups in total. The van der Waals surface area contributed by atoms with E-state index in [0.717, 1.165) is 11.4 Å². The van der Waals surface area contributed by atoms with E-state index >= 15 is 0 Å². The zero-order valence-electron chi connectivity index (χ0n) is 9.74. The maximum absolute atomic E-state index is 12.8. The van der Waals surface area contributed by atoms with Crippen molar-refractivity contribution < 1.29 is 4.39 Å². The molecule has 0 aliphatic carbocycles. The van der Waals surface area contributed by atoms with Crippen molar-refractivity contribution in [3.05, 3.63) is 41.6 Å². The van der Waals surface area contributed by atoms with E-state index in [2.05, 4.69) is 20.3 Å². The van der Waals surface area contributed by atoms with E-state index in [9.17, 15) is 4.39 Å². The van der Waals surface area contributed by atoms with E-state index in [1.165, 1.54) is 12.3 Å². The lowest BCUT2D eigenvalue weighted by Crippen LogP contribution is -2.09. The molecule has 0 spiro atoms. The maximum atomic E-state index is 12.8. The van der Waals surface area contributed by atoms with Gasteiger partial charge in [0.15, 0.2) is 5.82 Å². The number of aryl methyl sites for hydroxylation is 1. The Bertz CT molecular complexity index is 510. The summed E-state index contributed by atoms with van der Waals surface area (Å²) in [4.78, 5) is 12.6. The third kappa shape index (κ3) is 2.82. The van der Waals surface area contributed by atoms with Crippen LogP contribution in [0, 0.1) is 12.7 Å². The highest BCUT2D eigenvalue weighted by Crippen LogP contribution is 2.13. The Hall–Kier alpha value is -1.88. The molecule has 5 heteroatoms. The predicted octanol–water partition coefficient (Wildman–Crippen LogP) is 1.71. The largest absolute Gasteiger partial charge is 0.314 e. The van der Waals surface area contributed by atoms with Crippen molar-refractivity contribution in [2.45, 2.75) is 13.5 Å². The van der Waals surface area contributed by atoms with Gasteiger partial charge in [-0.2, -0.15) is 0 Å². The first-order valence-electron chi connectivity index (χ1n) is 5.30. The number of nitrogens with zero attached hydrogens (tertiary/aromatic N) is 3. The summed E-state index contributed by atoms with van der Waals surface area (Å²) in [5.74, 6) is 0.159. The van der Waals surface area contributed by atoms with Gasteiger partial charge in [0.1, 0.15) is 11.5 Å². The van der Waals surface area contributed by atoms with Crippen LogP contribution in [0.5, 0.6) is 0 Å². The molecule has 0 aromatic carbocycles. The SMILES string of the molecule is CNCc1cc(C)nc(-c2ccc(F)cn2)n1. The van der Waals surface area contributed by atoms with Crippen LogP contribution in [0.15, 0.2) is 24.4 Å². The minimum absolute atomic E-state index is 0.364. The normalized spacial score (nSPS) is 10.5. The Balaban J connectivity index is 2.40. The smallest absolute Gasteiger partial charge is 0.178 e. The van der Waals surface area contributed by atoms with E-state index in [4.69, 9.17) is 0 Å². The lowest BCUT2D eigenvalue weighted by atomic mass is 10.3. The van der Waals surface area contributed by atoms with Crippen molar-refractivity contribution in [2.24, 2.45) is 0 Å². The average molecular weight is 232 g/mol. The predicted molar refractivity (Wildman–Crippen MR) is 62.7 cm³/mol. The zero-order valence-corrected chi connectivity index (χ0v) is 9.74. The van der Waals surface area contributed by atoms with Crippen LogP contribution in [-0.2, 0) is 6.54 Å². The van der Waals surface area contributed by atoms with Crippen molar-refractivity contribution in [3.63, 3.8) is 0 Å². The van der Waals surface area contributed by atoms with Gasteiger partial charge in [0.05, 0.1) is 11.9 Å². The standard InChI is InChI=1S/C12H13FN4/c1-8-5-10(7-14-2)17-12(16-8)11-4-3-9(13)6-15-11/h3-6,14H,7H2,1-2H3. The Morgan fingerprint density at radius 3 is 2.76 bits per heavy atom. The van der Waals surface area contributed by atoms with Gasteiger partial charge in [-0.3, -0.25) is 0 Å². The first kappa shape index (κ1) is 11.6. The van der Waals surface area contributed by atoms with Crippen LogP contribution < -0.4 is 5.32 Å². The Morgan fingerprint density at radius 1 is 1.29 bits per heavy atom. The average Bonchev–Trinajstić information content (AvgIpc) is 2.29. The van der Waals surface area contributed by atoms with Gasteiger partial charge in [-0.05, 0) is 32.2 Å². The third-order valence-corrected chi connectivity index (χ3v) is 2.22. The van der Waals surface area contributed by atoms with Crippen molar-refractivity contribution in [2.75, 3.05) is 7.05 Å². The first-order valence-corrected chi connectivity index (χ1v) is 5.30. The minimum atomic E-state index is -0.364. The number of aromatic nitrogens is 3. The van der Waals surface area contributed by atoms with E-state index in [1.807, 2.05) is 20.0 Å². The summed E-state index contributed by atoms with van der Waals surface area (Å²) in [7, 11) is 1.85. The summed E-state index contributed by atoms with van der Waals surface area (Å²) in [5.41, 5.74) is 2.33. The van der Waals surface area contributed by atoms with Crippen molar-refractivity contribution in [1.82, 2.24) is 20.3 Å². The topological polar surface area (TPSA) is 50.7 Å². The summed E-state index contributed by atoms with van der Waals surface area (Å²) in [6.07, 6.45) is 1.17. The molecule has 2 heterocycles. The molecule has 0 aliphatic heterocycles. The van der Waals surface area contributed by atoms with Gasteiger partial charge in [-0.15, -0.1) is 0 Å². The fourth-order valence-electron chi connectivity index (χ4n) is 1.53. The second kappa shape index (κ2) is 4.97.